The molecule has 2 rings (SSSR count). The molecule has 0 spiro atoms. The Bertz CT molecular complexity index is 206. The van der Waals surface area contributed by atoms with Crippen molar-refractivity contribution < 1.29 is 4.74 Å². The van der Waals surface area contributed by atoms with Crippen molar-refractivity contribution in [2.45, 2.75) is 44.7 Å². The van der Waals surface area contributed by atoms with Crippen LogP contribution >= 0.6 is 0 Å². The van der Waals surface area contributed by atoms with E-state index in [9.17, 15) is 0 Å². The summed E-state index contributed by atoms with van der Waals surface area (Å²) in [5.74, 6) is 0.886. The van der Waals surface area contributed by atoms with Gasteiger partial charge in [-0.1, -0.05) is 6.92 Å². The monoisotopic (exact) mass is 226 g/mol. The van der Waals surface area contributed by atoms with Crippen LogP contribution in [0.4, 0.5) is 0 Å². The second-order valence-electron chi connectivity index (χ2n) is 5.17. The van der Waals surface area contributed by atoms with Gasteiger partial charge < -0.3 is 10.1 Å². The first-order chi connectivity index (χ1) is 7.86. The zero-order valence-electron chi connectivity index (χ0n) is 10.7. The predicted octanol–water partition coefficient (Wildman–Crippen LogP) is 1.49. The highest BCUT2D eigenvalue weighted by Gasteiger charge is 2.41. The van der Waals surface area contributed by atoms with Crippen LogP contribution in [0.2, 0.25) is 0 Å². The average Bonchev–Trinajstić information content (AvgIpc) is 3.06. The Morgan fingerprint density at radius 3 is 2.56 bits per heavy atom. The van der Waals surface area contributed by atoms with Crippen LogP contribution in [0, 0.1) is 5.92 Å². The van der Waals surface area contributed by atoms with E-state index >= 15 is 0 Å². The van der Waals surface area contributed by atoms with E-state index in [-0.39, 0.29) is 0 Å². The Balaban J connectivity index is 1.78. The van der Waals surface area contributed by atoms with Crippen molar-refractivity contribution in [3.63, 3.8) is 0 Å². The summed E-state index contributed by atoms with van der Waals surface area (Å²) in [6.07, 6.45) is 5.63. The minimum absolute atomic E-state index is 0.835. The molecule has 2 aliphatic rings. The Hall–Kier alpha value is -0.120. The van der Waals surface area contributed by atoms with Crippen LogP contribution in [-0.2, 0) is 4.74 Å². The van der Waals surface area contributed by atoms with Gasteiger partial charge in [0.15, 0.2) is 0 Å². The lowest BCUT2D eigenvalue weighted by Crippen LogP contribution is -2.52. The van der Waals surface area contributed by atoms with Gasteiger partial charge >= 0.3 is 0 Å². The normalized spacial score (nSPS) is 29.4. The van der Waals surface area contributed by atoms with Gasteiger partial charge in [0, 0.05) is 25.7 Å². The number of rotatable bonds is 8. The smallest absolute Gasteiger partial charge is 0.0589 e. The largest absolute Gasteiger partial charge is 0.383 e. The maximum atomic E-state index is 5.23. The van der Waals surface area contributed by atoms with Gasteiger partial charge in [-0.05, 0) is 44.7 Å². The summed E-state index contributed by atoms with van der Waals surface area (Å²) in [5, 5.41) is 3.49. The van der Waals surface area contributed by atoms with Crippen molar-refractivity contribution in [1.29, 1.82) is 0 Å². The van der Waals surface area contributed by atoms with Gasteiger partial charge in [0.25, 0.3) is 0 Å². The number of nitrogens with one attached hydrogen (secondary N) is 1. The van der Waals surface area contributed by atoms with E-state index in [1.165, 1.54) is 32.2 Å². The molecule has 0 aliphatic heterocycles. The quantitative estimate of drug-likeness (QED) is 0.678. The highest BCUT2D eigenvalue weighted by Crippen LogP contribution is 2.38. The van der Waals surface area contributed by atoms with Crippen molar-refractivity contribution in [3.05, 3.63) is 0 Å². The van der Waals surface area contributed by atoms with Gasteiger partial charge in [0.05, 0.1) is 6.61 Å². The van der Waals surface area contributed by atoms with Crippen LogP contribution in [0.5, 0.6) is 0 Å². The molecule has 2 saturated carbocycles. The minimum atomic E-state index is 0.835. The topological polar surface area (TPSA) is 24.5 Å². The van der Waals surface area contributed by atoms with Crippen molar-refractivity contribution in [1.82, 2.24) is 10.2 Å². The molecule has 1 N–H and O–H groups in total. The lowest BCUT2D eigenvalue weighted by atomic mass is 9.78. The zero-order valence-corrected chi connectivity index (χ0v) is 10.7. The molecule has 0 saturated heterocycles. The van der Waals surface area contributed by atoms with E-state index < -0.39 is 0 Å². The Labute approximate surface area is 99.5 Å². The summed E-state index contributed by atoms with van der Waals surface area (Å²) in [6.45, 7) is 6.52. The Kier molecular flexibility index (Phi) is 4.62. The van der Waals surface area contributed by atoms with E-state index in [2.05, 4.69) is 17.1 Å². The SMILES string of the molecule is CCNCC1CCC1N(CCOC)C1CC1. The fraction of sp³-hybridized carbons (Fsp3) is 1.00. The summed E-state index contributed by atoms with van der Waals surface area (Å²) in [7, 11) is 1.81. The Morgan fingerprint density at radius 1 is 1.25 bits per heavy atom. The molecule has 2 unspecified atom stereocenters. The third-order valence-electron chi connectivity index (χ3n) is 4.03. The van der Waals surface area contributed by atoms with Crippen molar-refractivity contribution in [3.8, 4) is 0 Å². The third kappa shape index (κ3) is 2.96. The lowest BCUT2D eigenvalue weighted by Gasteiger charge is -2.45. The predicted molar refractivity (Wildman–Crippen MR) is 66.7 cm³/mol. The number of hydrogen-bond donors (Lipinski definition) is 1. The summed E-state index contributed by atoms with van der Waals surface area (Å²) in [6, 6.07) is 1.71. The Morgan fingerprint density at radius 2 is 2.06 bits per heavy atom. The van der Waals surface area contributed by atoms with Crippen LogP contribution in [0.15, 0.2) is 0 Å². The maximum absolute atomic E-state index is 5.23. The van der Waals surface area contributed by atoms with Crippen LogP contribution in [0.3, 0.4) is 0 Å². The van der Waals surface area contributed by atoms with Crippen LogP contribution < -0.4 is 5.32 Å². The molecule has 0 heterocycles. The number of methoxy groups -OCH3 is 1. The summed E-state index contributed by atoms with van der Waals surface area (Å²) < 4.78 is 5.23. The standard InChI is InChI=1S/C13H26N2O/c1-3-14-10-11-4-7-13(11)15(8-9-16-2)12-5-6-12/h11-14H,3-10H2,1-2H3. The number of ether oxygens (including phenoxy) is 1. The first-order valence-electron chi connectivity index (χ1n) is 6.82. The highest BCUT2D eigenvalue weighted by molar-refractivity contribution is 4.96. The molecule has 16 heavy (non-hydrogen) atoms. The second kappa shape index (κ2) is 5.99. The molecule has 0 bridgehead atoms. The fourth-order valence-corrected chi connectivity index (χ4v) is 2.78. The molecule has 2 aliphatic carbocycles. The molecule has 0 aromatic rings. The number of hydrogen-bond acceptors (Lipinski definition) is 3. The third-order valence-corrected chi connectivity index (χ3v) is 4.03. The first kappa shape index (κ1) is 12.3. The van der Waals surface area contributed by atoms with Gasteiger partial charge in [-0.2, -0.15) is 0 Å². The summed E-state index contributed by atoms with van der Waals surface area (Å²) >= 11 is 0. The minimum Gasteiger partial charge on any atom is -0.383 e. The van der Waals surface area contributed by atoms with E-state index in [1.807, 2.05) is 7.11 Å². The molecule has 2 fully saturated rings. The number of nitrogens with zero attached hydrogens (tertiary/aromatic N) is 1. The van der Waals surface area contributed by atoms with Crippen molar-refractivity contribution in [2.75, 3.05) is 33.4 Å². The molecule has 2 atom stereocenters. The van der Waals surface area contributed by atoms with Crippen LogP contribution in [0.25, 0.3) is 0 Å². The summed E-state index contributed by atoms with van der Waals surface area (Å²) in [5.41, 5.74) is 0. The molecule has 3 nitrogen and oxygen atoms in total. The van der Waals surface area contributed by atoms with E-state index in [0.717, 1.165) is 37.7 Å². The van der Waals surface area contributed by atoms with E-state index in [4.69, 9.17) is 4.74 Å². The summed E-state index contributed by atoms with van der Waals surface area (Å²) in [4.78, 5) is 2.72. The van der Waals surface area contributed by atoms with Gasteiger partial charge in [-0.25, -0.2) is 0 Å². The first-order valence-corrected chi connectivity index (χ1v) is 6.82. The average molecular weight is 226 g/mol. The van der Waals surface area contributed by atoms with Gasteiger partial charge in [0.1, 0.15) is 0 Å². The van der Waals surface area contributed by atoms with E-state index in [1.54, 1.807) is 0 Å². The lowest BCUT2D eigenvalue weighted by molar-refractivity contribution is 0.0341. The molecule has 0 aromatic carbocycles. The molecule has 0 aromatic heterocycles. The fourth-order valence-electron chi connectivity index (χ4n) is 2.78. The molecule has 0 radical (unpaired) electrons. The zero-order chi connectivity index (χ0) is 11.4. The van der Waals surface area contributed by atoms with Crippen molar-refractivity contribution >= 4 is 0 Å². The van der Waals surface area contributed by atoms with Gasteiger partial charge in [-0.15, -0.1) is 0 Å². The second-order valence-corrected chi connectivity index (χ2v) is 5.17. The molecule has 94 valence electrons. The van der Waals surface area contributed by atoms with Crippen LogP contribution in [-0.4, -0.2) is 50.3 Å². The van der Waals surface area contributed by atoms with Gasteiger partial charge in [-0.3, -0.25) is 4.90 Å². The van der Waals surface area contributed by atoms with Gasteiger partial charge in [0.2, 0.25) is 0 Å². The molecule has 0 amide bonds. The highest BCUT2D eigenvalue weighted by atomic mass is 16.5. The molecule has 3 heteroatoms. The van der Waals surface area contributed by atoms with E-state index in [0.29, 0.717) is 0 Å². The molecular formula is C13H26N2O. The maximum Gasteiger partial charge on any atom is 0.0589 e. The molecular weight excluding hydrogens is 200 g/mol. The van der Waals surface area contributed by atoms with Crippen LogP contribution in [0.1, 0.15) is 32.6 Å². The van der Waals surface area contributed by atoms with Crippen molar-refractivity contribution in [2.24, 2.45) is 5.92 Å².